The number of benzene rings is 1. The third kappa shape index (κ3) is 5.30. The van der Waals surface area contributed by atoms with E-state index in [1.165, 1.54) is 0 Å². The number of hydrogen-bond donors (Lipinski definition) is 2. The summed E-state index contributed by atoms with van der Waals surface area (Å²) in [5, 5.41) is 12.2. The van der Waals surface area contributed by atoms with Gasteiger partial charge in [-0.3, -0.25) is 0 Å². The van der Waals surface area contributed by atoms with Gasteiger partial charge in [0.15, 0.2) is 9.84 Å². The lowest BCUT2D eigenvalue weighted by Crippen LogP contribution is -2.37. The summed E-state index contributed by atoms with van der Waals surface area (Å²) >= 11 is 0. The fourth-order valence-electron chi connectivity index (χ4n) is 1.92. The highest BCUT2D eigenvalue weighted by Crippen LogP contribution is 2.14. The van der Waals surface area contributed by atoms with E-state index in [1.54, 1.807) is 18.2 Å². The van der Waals surface area contributed by atoms with Gasteiger partial charge in [-0.05, 0) is 44.0 Å². The number of rotatable bonds is 8. The van der Waals surface area contributed by atoms with Crippen molar-refractivity contribution in [2.45, 2.75) is 37.6 Å². The van der Waals surface area contributed by atoms with Crippen molar-refractivity contribution in [3.05, 3.63) is 29.8 Å². The minimum Gasteiger partial charge on any atom is -0.396 e. The molecule has 2 N–H and O–H groups in total. The molecule has 0 aliphatic carbocycles. The van der Waals surface area contributed by atoms with Gasteiger partial charge in [-0.25, -0.2) is 8.42 Å². The fourth-order valence-corrected chi connectivity index (χ4v) is 3.58. The van der Waals surface area contributed by atoms with Crippen LogP contribution >= 0.6 is 0 Å². The predicted molar refractivity (Wildman–Crippen MR) is 77.0 cm³/mol. The van der Waals surface area contributed by atoms with Gasteiger partial charge >= 0.3 is 0 Å². The molecule has 0 aromatic heterocycles. The summed E-state index contributed by atoms with van der Waals surface area (Å²) in [5.74, 6) is 0.0248. The molecule has 0 saturated carbocycles. The molecule has 4 nitrogen and oxygen atoms in total. The van der Waals surface area contributed by atoms with E-state index in [-0.39, 0.29) is 18.4 Å². The van der Waals surface area contributed by atoms with E-state index in [4.69, 9.17) is 5.11 Å². The molecule has 0 amide bonds. The van der Waals surface area contributed by atoms with Crippen LogP contribution in [0.25, 0.3) is 0 Å². The molecule has 1 unspecified atom stereocenters. The van der Waals surface area contributed by atoms with Crippen molar-refractivity contribution in [2.24, 2.45) is 0 Å². The number of hydrogen-bond acceptors (Lipinski definition) is 4. The lowest BCUT2D eigenvalue weighted by Gasteiger charge is -2.17. The summed E-state index contributed by atoms with van der Waals surface area (Å²) in [5.41, 5.74) is 0.932. The standard InChI is InChI=1S/C14H23NO3S/c1-3-8-15-13(7-9-16)11-19(17,18)14-6-4-5-12(2)10-14/h4-6,10,13,15-16H,3,7-9,11H2,1-2H3. The lowest BCUT2D eigenvalue weighted by atomic mass is 10.2. The fraction of sp³-hybridized carbons (Fsp3) is 0.571. The molecule has 0 heterocycles. The van der Waals surface area contributed by atoms with Crippen LogP contribution in [-0.4, -0.2) is 38.5 Å². The second-order valence-corrected chi connectivity index (χ2v) is 6.80. The molecule has 5 heteroatoms. The van der Waals surface area contributed by atoms with Crippen LogP contribution < -0.4 is 5.32 Å². The molecule has 108 valence electrons. The zero-order valence-electron chi connectivity index (χ0n) is 11.6. The monoisotopic (exact) mass is 285 g/mol. The van der Waals surface area contributed by atoms with Gasteiger partial charge in [0.1, 0.15) is 0 Å². The number of nitrogens with one attached hydrogen (secondary N) is 1. The predicted octanol–water partition coefficient (Wildman–Crippen LogP) is 1.52. The Hall–Kier alpha value is -0.910. The summed E-state index contributed by atoms with van der Waals surface area (Å²) in [4.78, 5) is 0.355. The first-order valence-corrected chi connectivity index (χ1v) is 8.28. The van der Waals surface area contributed by atoms with Crippen LogP contribution in [0.5, 0.6) is 0 Å². The van der Waals surface area contributed by atoms with E-state index in [9.17, 15) is 8.42 Å². The SMILES string of the molecule is CCCNC(CCO)CS(=O)(=O)c1cccc(C)c1. The summed E-state index contributed by atoms with van der Waals surface area (Å²) in [6, 6.07) is 6.74. The summed E-state index contributed by atoms with van der Waals surface area (Å²) < 4.78 is 24.6. The van der Waals surface area contributed by atoms with E-state index < -0.39 is 9.84 Å². The van der Waals surface area contributed by atoms with Gasteiger partial charge in [0, 0.05) is 12.6 Å². The molecule has 19 heavy (non-hydrogen) atoms. The van der Waals surface area contributed by atoms with Gasteiger partial charge in [-0.1, -0.05) is 19.1 Å². The second-order valence-electron chi connectivity index (χ2n) is 4.76. The Bertz CT molecular complexity index is 485. The van der Waals surface area contributed by atoms with Gasteiger partial charge in [-0.2, -0.15) is 0 Å². The second kappa shape index (κ2) is 7.62. The Balaban J connectivity index is 2.81. The number of aliphatic hydroxyl groups excluding tert-OH is 1. The van der Waals surface area contributed by atoms with Crippen LogP contribution in [0.3, 0.4) is 0 Å². The molecule has 0 radical (unpaired) electrons. The molecule has 0 aliphatic rings. The summed E-state index contributed by atoms with van der Waals surface area (Å²) in [7, 11) is -3.31. The average molecular weight is 285 g/mol. The zero-order valence-corrected chi connectivity index (χ0v) is 12.4. The smallest absolute Gasteiger partial charge is 0.179 e. The third-order valence-corrected chi connectivity index (χ3v) is 4.74. The lowest BCUT2D eigenvalue weighted by molar-refractivity contribution is 0.269. The Labute approximate surface area is 115 Å². The molecule has 1 rings (SSSR count). The first-order chi connectivity index (χ1) is 8.99. The van der Waals surface area contributed by atoms with Crippen molar-refractivity contribution in [1.29, 1.82) is 0 Å². The van der Waals surface area contributed by atoms with Crippen LogP contribution in [0.4, 0.5) is 0 Å². The van der Waals surface area contributed by atoms with E-state index >= 15 is 0 Å². The molecular weight excluding hydrogens is 262 g/mol. The maximum atomic E-state index is 12.3. The Morgan fingerprint density at radius 2 is 2.11 bits per heavy atom. The highest BCUT2D eigenvalue weighted by atomic mass is 32.2. The Morgan fingerprint density at radius 3 is 2.68 bits per heavy atom. The maximum absolute atomic E-state index is 12.3. The quantitative estimate of drug-likeness (QED) is 0.760. The average Bonchev–Trinajstić information content (AvgIpc) is 2.36. The van der Waals surface area contributed by atoms with E-state index in [1.807, 2.05) is 19.9 Å². The molecule has 0 bridgehead atoms. The number of aliphatic hydroxyl groups is 1. The van der Waals surface area contributed by atoms with Crippen LogP contribution in [0.2, 0.25) is 0 Å². The van der Waals surface area contributed by atoms with Crippen molar-refractivity contribution in [1.82, 2.24) is 5.32 Å². The molecule has 0 saturated heterocycles. The molecule has 1 aromatic rings. The minimum atomic E-state index is -3.31. The molecule has 0 spiro atoms. The van der Waals surface area contributed by atoms with Crippen molar-refractivity contribution >= 4 is 9.84 Å². The topological polar surface area (TPSA) is 66.4 Å². The normalized spacial score (nSPS) is 13.4. The van der Waals surface area contributed by atoms with Crippen molar-refractivity contribution in [3.8, 4) is 0 Å². The highest BCUT2D eigenvalue weighted by Gasteiger charge is 2.20. The van der Waals surface area contributed by atoms with Crippen molar-refractivity contribution in [3.63, 3.8) is 0 Å². The number of sulfone groups is 1. The molecule has 0 fully saturated rings. The van der Waals surface area contributed by atoms with Gasteiger partial charge < -0.3 is 10.4 Å². The van der Waals surface area contributed by atoms with E-state index in [2.05, 4.69) is 5.32 Å². The molecule has 0 aliphatic heterocycles. The molecule has 1 aromatic carbocycles. The summed E-state index contributed by atoms with van der Waals surface area (Å²) in [6.45, 7) is 4.65. The third-order valence-electron chi connectivity index (χ3n) is 2.93. The molecule has 1 atom stereocenters. The first kappa shape index (κ1) is 16.1. The zero-order chi connectivity index (χ0) is 14.3. The van der Waals surface area contributed by atoms with Crippen molar-refractivity contribution < 1.29 is 13.5 Å². The van der Waals surface area contributed by atoms with Crippen LogP contribution in [-0.2, 0) is 9.84 Å². The molecular formula is C14H23NO3S. The largest absolute Gasteiger partial charge is 0.396 e. The number of aryl methyl sites for hydroxylation is 1. The summed E-state index contributed by atoms with van der Waals surface area (Å²) in [6.07, 6.45) is 1.39. The first-order valence-electron chi connectivity index (χ1n) is 6.63. The van der Waals surface area contributed by atoms with Crippen LogP contribution in [0, 0.1) is 6.92 Å². The van der Waals surface area contributed by atoms with Crippen molar-refractivity contribution in [2.75, 3.05) is 18.9 Å². The highest BCUT2D eigenvalue weighted by molar-refractivity contribution is 7.91. The van der Waals surface area contributed by atoms with Gasteiger partial charge in [0.05, 0.1) is 10.6 Å². The van der Waals surface area contributed by atoms with E-state index in [0.717, 1.165) is 18.5 Å². The Morgan fingerprint density at radius 1 is 1.37 bits per heavy atom. The Kier molecular flexibility index (Phi) is 6.48. The maximum Gasteiger partial charge on any atom is 0.179 e. The van der Waals surface area contributed by atoms with Crippen LogP contribution in [0.15, 0.2) is 29.2 Å². The minimum absolute atomic E-state index is 0.00921. The van der Waals surface area contributed by atoms with Gasteiger partial charge in [0.2, 0.25) is 0 Å². The van der Waals surface area contributed by atoms with Crippen LogP contribution in [0.1, 0.15) is 25.3 Å². The van der Waals surface area contributed by atoms with Gasteiger partial charge in [-0.15, -0.1) is 0 Å². The van der Waals surface area contributed by atoms with E-state index in [0.29, 0.717) is 11.3 Å². The van der Waals surface area contributed by atoms with Gasteiger partial charge in [0.25, 0.3) is 0 Å².